The first-order valence-corrected chi connectivity index (χ1v) is 11.5. The number of hydrogen-bond acceptors (Lipinski definition) is 9. The van der Waals surface area contributed by atoms with Gasteiger partial charge in [-0.1, -0.05) is 59.7 Å². The van der Waals surface area contributed by atoms with Crippen molar-refractivity contribution in [2.45, 2.75) is 45.3 Å². The van der Waals surface area contributed by atoms with Gasteiger partial charge in [0, 0.05) is 31.9 Å². The average Bonchev–Trinajstić information content (AvgIpc) is 3.43. The summed E-state index contributed by atoms with van der Waals surface area (Å²) in [6, 6.07) is 18.7. The Morgan fingerprint density at radius 2 is 1.49 bits per heavy atom. The van der Waals surface area contributed by atoms with E-state index < -0.39 is 42.4 Å². The lowest BCUT2D eigenvalue weighted by atomic mass is 10.1. The molecule has 0 radical (unpaired) electrons. The second kappa shape index (κ2) is 11.5. The maximum atomic E-state index is 12.0. The molecule has 1 aliphatic heterocycles. The van der Waals surface area contributed by atoms with E-state index in [1.807, 2.05) is 60.7 Å². The Kier molecular flexibility index (Phi) is 7.95. The predicted octanol–water partition coefficient (Wildman–Crippen LogP) is 2.67. The summed E-state index contributed by atoms with van der Waals surface area (Å²) in [4.78, 5) is 35.4. The third kappa shape index (κ3) is 6.20. The van der Waals surface area contributed by atoms with E-state index in [-0.39, 0.29) is 6.61 Å². The summed E-state index contributed by atoms with van der Waals surface area (Å²) in [6.45, 7) is 3.47. The van der Waals surface area contributed by atoms with Crippen LogP contribution in [0.4, 0.5) is 0 Å². The molecule has 190 valence electrons. The summed E-state index contributed by atoms with van der Waals surface area (Å²) >= 11 is 0. The van der Waals surface area contributed by atoms with Crippen molar-refractivity contribution < 1.29 is 33.3 Å². The van der Waals surface area contributed by atoms with Crippen LogP contribution in [0.25, 0.3) is 11.3 Å². The van der Waals surface area contributed by atoms with Gasteiger partial charge in [-0.3, -0.25) is 14.4 Å². The standard InChI is InChI=1S/C27H25N3O7/c1-17(31)34-16-23-25(35-18(2)32)26(36-19(3)33)27(37-23)30-22(15-14-20-10-6-4-7-11-20)24(28-29-30)21-12-8-5-9-13-21/h4-13,23,25-27H,16H2,1-3H3/t23-,25-,26-,27-/m1/s1. The topological polar surface area (TPSA) is 119 Å². The zero-order chi connectivity index (χ0) is 26.4. The largest absolute Gasteiger partial charge is 0.463 e. The third-order valence-electron chi connectivity index (χ3n) is 5.42. The number of aromatic nitrogens is 3. The first-order chi connectivity index (χ1) is 17.8. The molecule has 3 aromatic rings. The van der Waals surface area contributed by atoms with Gasteiger partial charge in [-0.05, 0) is 18.1 Å². The highest BCUT2D eigenvalue weighted by Crippen LogP contribution is 2.36. The Balaban J connectivity index is 1.81. The average molecular weight is 504 g/mol. The van der Waals surface area contributed by atoms with Gasteiger partial charge in [-0.25, -0.2) is 4.68 Å². The van der Waals surface area contributed by atoms with E-state index in [2.05, 4.69) is 22.2 Å². The number of benzene rings is 2. The highest BCUT2D eigenvalue weighted by Gasteiger charge is 2.51. The first-order valence-electron chi connectivity index (χ1n) is 11.5. The molecule has 10 nitrogen and oxygen atoms in total. The van der Waals surface area contributed by atoms with Crippen LogP contribution in [-0.2, 0) is 33.3 Å². The van der Waals surface area contributed by atoms with Crippen molar-refractivity contribution in [3.05, 3.63) is 71.9 Å². The maximum Gasteiger partial charge on any atom is 0.303 e. The van der Waals surface area contributed by atoms with Crippen molar-refractivity contribution in [1.82, 2.24) is 15.0 Å². The van der Waals surface area contributed by atoms with Gasteiger partial charge >= 0.3 is 17.9 Å². The van der Waals surface area contributed by atoms with E-state index in [0.717, 1.165) is 11.1 Å². The Morgan fingerprint density at radius 1 is 0.865 bits per heavy atom. The minimum absolute atomic E-state index is 0.229. The van der Waals surface area contributed by atoms with Crippen LogP contribution in [-0.4, -0.2) is 57.8 Å². The Labute approximate surface area is 213 Å². The van der Waals surface area contributed by atoms with Crippen molar-refractivity contribution in [1.29, 1.82) is 0 Å². The minimum atomic E-state index is -1.11. The van der Waals surface area contributed by atoms with E-state index in [4.69, 9.17) is 18.9 Å². The molecule has 1 aliphatic rings. The predicted molar refractivity (Wildman–Crippen MR) is 130 cm³/mol. The van der Waals surface area contributed by atoms with Crippen LogP contribution >= 0.6 is 0 Å². The van der Waals surface area contributed by atoms with Crippen LogP contribution in [0.3, 0.4) is 0 Å². The van der Waals surface area contributed by atoms with Crippen molar-refractivity contribution in [2.75, 3.05) is 6.61 Å². The Bertz CT molecular complexity index is 1330. The molecule has 1 saturated heterocycles. The van der Waals surface area contributed by atoms with E-state index in [0.29, 0.717) is 11.4 Å². The zero-order valence-electron chi connectivity index (χ0n) is 20.5. The van der Waals surface area contributed by atoms with Gasteiger partial charge in [0.2, 0.25) is 0 Å². The van der Waals surface area contributed by atoms with Crippen LogP contribution < -0.4 is 0 Å². The molecular formula is C27H25N3O7. The third-order valence-corrected chi connectivity index (χ3v) is 5.42. The molecule has 10 heteroatoms. The van der Waals surface area contributed by atoms with Crippen LogP contribution in [0.5, 0.6) is 0 Å². The number of rotatable bonds is 6. The molecule has 0 aliphatic carbocycles. The second-order valence-corrected chi connectivity index (χ2v) is 8.23. The van der Waals surface area contributed by atoms with Crippen molar-refractivity contribution in [3.8, 4) is 23.1 Å². The van der Waals surface area contributed by atoms with Crippen molar-refractivity contribution in [3.63, 3.8) is 0 Å². The monoisotopic (exact) mass is 503 g/mol. The molecule has 0 amide bonds. The minimum Gasteiger partial charge on any atom is -0.463 e. The van der Waals surface area contributed by atoms with Crippen LogP contribution in [0.2, 0.25) is 0 Å². The highest BCUT2D eigenvalue weighted by molar-refractivity contribution is 5.68. The fourth-order valence-electron chi connectivity index (χ4n) is 3.92. The van der Waals surface area contributed by atoms with Crippen LogP contribution in [0.15, 0.2) is 60.7 Å². The van der Waals surface area contributed by atoms with Crippen molar-refractivity contribution >= 4 is 17.9 Å². The van der Waals surface area contributed by atoms with Crippen LogP contribution in [0, 0.1) is 11.8 Å². The molecular weight excluding hydrogens is 478 g/mol. The second-order valence-electron chi connectivity index (χ2n) is 8.23. The Morgan fingerprint density at radius 3 is 2.11 bits per heavy atom. The van der Waals surface area contributed by atoms with Crippen LogP contribution in [0.1, 0.15) is 38.3 Å². The summed E-state index contributed by atoms with van der Waals surface area (Å²) in [5, 5.41) is 8.63. The fourth-order valence-corrected chi connectivity index (χ4v) is 3.92. The van der Waals surface area contributed by atoms with E-state index in [1.54, 1.807) is 0 Å². The van der Waals surface area contributed by atoms with Gasteiger partial charge in [0.05, 0.1) is 0 Å². The summed E-state index contributed by atoms with van der Waals surface area (Å²) in [7, 11) is 0. The molecule has 37 heavy (non-hydrogen) atoms. The summed E-state index contributed by atoms with van der Waals surface area (Å²) in [5.74, 6) is 4.44. The van der Waals surface area contributed by atoms with Gasteiger partial charge in [-0.2, -0.15) is 0 Å². The lowest BCUT2D eigenvalue weighted by molar-refractivity contribution is -0.166. The Hall–Kier alpha value is -4.49. The zero-order valence-corrected chi connectivity index (χ0v) is 20.5. The molecule has 4 atom stereocenters. The fraction of sp³-hybridized carbons (Fsp3) is 0.296. The lowest BCUT2D eigenvalue weighted by Crippen LogP contribution is -2.40. The molecule has 2 heterocycles. The van der Waals surface area contributed by atoms with Gasteiger partial charge in [-0.15, -0.1) is 5.10 Å². The normalized spacial score (nSPS) is 20.4. The number of esters is 3. The molecule has 0 spiro atoms. The molecule has 0 bridgehead atoms. The van der Waals surface area contributed by atoms with E-state index in [1.165, 1.54) is 25.5 Å². The van der Waals surface area contributed by atoms with E-state index in [9.17, 15) is 14.4 Å². The lowest BCUT2D eigenvalue weighted by Gasteiger charge is -2.23. The molecule has 4 rings (SSSR count). The first kappa shape index (κ1) is 25.6. The molecule has 1 aromatic heterocycles. The summed E-state index contributed by atoms with van der Waals surface area (Å²) in [6.07, 6.45) is -4.17. The smallest absolute Gasteiger partial charge is 0.303 e. The molecule has 0 N–H and O–H groups in total. The maximum absolute atomic E-state index is 12.0. The molecule has 2 aromatic carbocycles. The van der Waals surface area contributed by atoms with E-state index >= 15 is 0 Å². The highest BCUT2D eigenvalue weighted by atomic mass is 16.7. The molecule has 0 unspecified atom stereocenters. The van der Waals surface area contributed by atoms with Gasteiger partial charge in [0.25, 0.3) is 0 Å². The molecule has 1 fully saturated rings. The number of ether oxygens (including phenoxy) is 4. The summed E-state index contributed by atoms with van der Waals surface area (Å²) in [5.41, 5.74) is 2.42. The SMILES string of the molecule is CC(=O)OC[C@H]1O[C@@H](n2nnc(-c3ccccc3)c2C#Cc2ccccc2)[C@H](OC(C)=O)[C@@H]1OC(C)=O. The van der Waals surface area contributed by atoms with Gasteiger partial charge in [0.1, 0.15) is 24.1 Å². The number of carbonyl (C=O) groups is 3. The van der Waals surface area contributed by atoms with Gasteiger partial charge in [0.15, 0.2) is 18.4 Å². The number of hydrogen-bond donors (Lipinski definition) is 0. The summed E-state index contributed by atoms with van der Waals surface area (Å²) < 4.78 is 23.6. The van der Waals surface area contributed by atoms with Crippen molar-refractivity contribution in [2.24, 2.45) is 0 Å². The quantitative estimate of drug-likeness (QED) is 0.284. The number of carbonyl (C=O) groups excluding carboxylic acids is 3. The number of nitrogens with zero attached hydrogens (tertiary/aromatic N) is 3. The van der Waals surface area contributed by atoms with Gasteiger partial charge < -0.3 is 18.9 Å². The molecule has 0 saturated carbocycles.